The van der Waals surface area contributed by atoms with Crippen LogP contribution in [0, 0.1) is 6.92 Å². The van der Waals surface area contributed by atoms with Crippen molar-refractivity contribution in [2.24, 2.45) is 5.73 Å². The molecule has 16 heavy (non-hydrogen) atoms. The molecule has 0 bridgehead atoms. The third kappa shape index (κ3) is 2.15. The van der Waals surface area contributed by atoms with Gasteiger partial charge in [0.2, 0.25) is 0 Å². The van der Waals surface area contributed by atoms with Gasteiger partial charge in [0.1, 0.15) is 11.5 Å². The third-order valence-electron chi connectivity index (χ3n) is 3.71. The summed E-state index contributed by atoms with van der Waals surface area (Å²) in [6, 6.07) is 2.10. The van der Waals surface area contributed by atoms with Gasteiger partial charge in [-0.1, -0.05) is 0 Å². The van der Waals surface area contributed by atoms with Crippen molar-refractivity contribution in [2.45, 2.75) is 52.2 Å². The highest BCUT2D eigenvalue weighted by molar-refractivity contribution is 5.20. The molecule has 0 unspecified atom stereocenters. The van der Waals surface area contributed by atoms with Crippen LogP contribution in [0.4, 0.5) is 0 Å². The zero-order chi connectivity index (χ0) is 11.8. The van der Waals surface area contributed by atoms with Crippen LogP contribution >= 0.6 is 0 Å². The van der Waals surface area contributed by atoms with E-state index >= 15 is 0 Å². The van der Waals surface area contributed by atoms with Gasteiger partial charge in [0.05, 0.1) is 6.54 Å². The molecule has 2 rings (SSSR count). The van der Waals surface area contributed by atoms with E-state index in [1.165, 1.54) is 19.4 Å². The maximum Gasteiger partial charge on any atom is 0.118 e. The van der Waals surface area contributed by atoms with Gasteiger partial charge in [0, 0.05) is 17.6 Å². The molecule has 1 aromatic heterocycles. The summed E-state index contributed by atoms with van der Waals surface area (Å²) in [5.74, 6) is 2.02. The standard InChI is InChI=1S/C13H22N2O/c1-10-11(8-14)7-12(16-10)9-15-6-4-5-13(15,2)3/h7H,4-6,8-9,14H2,1-3H3. The normalized spacial score (nSPS) is 20.5. The third-order valence-corrected chi connectivity index (χ3v) is 3.71. The van der Waals surface area contributed by atoms with Crippen LogP contribution < -0.4 is 5.73 Å². The van der Waals surface area contributed by atoms with Gasteiger partial charge >= 0.3 is 0 Å². The van der Waals surface area contributed by atoms with E-state index in [2.05, 4.69) is 24.8 Å². The second kappa shape index (κ2) is 4.22. The van der Waals surface area contributed by atoms with Crippen LogP contribution in [0.2, 0.25) is 0 Å². The number of hydrogen-bond acceptors (Lipinski definition) is 3. The SMILES string of the molecule is Cc1oc(CN2CCCC2(C)C)cc1CN. The molecule has 1 aliphatic heterocycles. The van der Waals surface area contributed by atoms with E-state index in [-0.39, 0.29) is 0 Å². The molecule has 3 heteroatoms. The van der Waals surface area contributed by atoms with E-state index in [1.54, 1.807) is 0 Å². The van der Waals surface area contributed by atoms with Crippen LogP contribution in [0.15, 0.2) is 10.5 Å². The van der Waals surface area contributed by atoms with Crippen molar-refractivity contribution in [3.8, 4) is 0 Å². The maximum absolute atomic E-state index is 5.74. The molecule has 3 nitrogen and oxygen atoms in total. The molecule has 0 aromatic carbocycles. The highest BCUT2D eigenvalue weighted by atomic mass is 16.3. The molecule has 2 N–H and O–H groups in total. The number of hydrogen-bond donors (Lipinski definition) is 1. The van der Waals surface area contributed by atoms with Crippen LogP contribution in [0.5, 0.6) is 0 Å². The molecule has 0 aliphatic carbocycles. The fourth-order valence-electron chi connectivity index (χ4n) is 2.51. The zero-order valence-corrected chi connectivity index (χ0v) is 10.5. The van der Waals surface area contributed by atoms with Crippen LogP contribution in [0.1, 0.15) is 43.8 Å². The minimum absolute atomic E-state index is 0.309. The number of nitrogens with zero attached hydrogens (tertiary/aromatic N) is 1. The van der Waals surface area contributed by atoms with Crippen molar-refractivity contribution in [1.29, 1.82) is 0 Å². The largest absolute Gasteiger partial charge is 0.465 e. The van der Waals surface area contributed by atoms with Crippen LogP contribution in [-0.2, 0) is 13.1 Å². The second-order valence-electron chi connectivity index (χ2n) is 5.34. The first-order valence-electron chi connectivity index (χ1n) is 6.06. The molecule has 0 saturated carbocycles. The van der Waals surface area contributed by atoms with Crippen molar-refractivity contribution < 1.29 is 4.42 Å². The van der Waals surface area contributed by atoms with Crippen molar-refractivity contribution in [3.05, 3.63) is 23.2 Å². The Kier molecular flexibility index (Phi) is 3.08. The predicted molar refractivity (Wildman–Crippen MR) is 65.1 cm³/mol. The number of furan rings is 1. The van der Waals surface area contributed by atoms with Gasteiger partial charge in [-0.05, 0) is 46.2 Å². The smallest absolute Gasteiger partial charge is 0.118 e. The zero-order valence-electron chi connectivity index (χ0n) is 10.5. The number of likely N-dealkylation sites (tertiary alicyclic amines) is 1. The van der Waals surface area contributed by atoms with Crippen LogP contribution in [0.25, 0.3) is 0 Å². The Morgan fingerprint density at radius 2 is 2.25 bits per heavy atom. The van der Waals surface area contributed by atoms with E-state index in [1.807, 2.05) is 6.92 Å². The molecule has 1 aliphatic rings. The lowest BCUT2D eigenvalue weighted by atomic mass is 10.0. The summed E-state index contributed by atoms with van der Waals surface area (Å²) in [5, 5.41) is 0. The molecular formula is C13H22N2O. The fourth-order valence-corrected chi connectivity index (χ4v) is 2.51. The molecular weight excluding hydrogens is 200 g/mol. The number of rotatable bonds is 3. The van der Waals surface area contributed by atoms with E-state index < -0.39 is 0 Å². The minimum atomic E-state index is 0.309. The minimum Gasteiger partial charge on any atom is -0.465 e. The van der Waals surface area contributed by atoms with E-state index in [0.29, 0.717) is 12.1 Å². The van der Waals surface area contributed by atoms with Crippen molar-refractivity contribution in [3.63, 3.8) is 0 Å². The summed E-state index contributed by atoms with van der Waals surface area (Å²) in [6.07, 6.45) is 2.56. The Morgan fingerprint density at radius 3 is 2.75 bits per heavy atom. The van der Waals surface area contributed by atoms with Crippen molar-refractivity contribution in [1.82, 2.24) is 4.90 Å². The monoisotopic (exact) mass is 222 g/mol. The molecule has 90 valence electrons. The maximum atomic E-state index is 5.74. The first-order chi connectivity index (χ1) is 7.53. The first kappa shape index (κ1) is 11.7. The Balaban J connectivity index is 2.09. The summed E-state index contributed by atoms with van der Waals surface area (Å²) >= 11 is 0. The quantitative estimate of drug-likeness (QED) is 0.854. The lowest BCUT2D eigenvalue weighted by molar-refractivity contribution is 0.154. The lowest BCUT2D eigenvalue weighted by Crippen LogP contribution is -2.37. The predicted octanol–water partition coefficient (Wildman–Crippen LogP) is 2.42. The Morgan fingerprint density at radius 1 is 1.50 bits per heavy atom. The van der Waals surface area contributed by atoms with Crippen molar-refractivity contribution in [2.75, 3.05) is 6.54 Å². The molecule has 0 spiro atoms. The highest BCUT2D eigenvalue weighted by Gasteiger charge is 2.32. The summed E-state index contributed by atoms with van der Waals surface area (Å²) in [7, 11) is 0. The van der Waals surface area contributed by atoms with Crippen molar-refractivity contribution >= 4 is 0 Å². The van der Waals surface area contributed by atoms with Gasteiger partial charge in [-0.15, -0.1) is 0 Å². The van der Waals surface area contributed by atoms with Crippen LogP contribution in [0.3, 0.4) is 0 Å². The number of nitrogens with two attached hydrogens (primary N) is 1. The van der Waals surface area contributed by atoms with Gasteiger partial charge in [-0.3, -0.25) is 4.90 Å². The van der Waals surface area contributed by atoms with E-state index in [4.69, 9.17) is 10.2 Å². The molecule has 1 saturated heterocycles. The lowest BCUT2D eigenvalue weighted by Gasteiger charge is -2.30. The van der Waals surface area contributed by atoms with Gasteiger partial charge < -0.3 is 10.2 Å². The Hall–Kier alpha value is -0.800. The average Bonchev–Trinajstić information content (AvgIpc) is 2.71. The summed E-state index contributed by atoms with van der Waals surface area (Å²) in [4.78, 5) is 2.49. The second-order valence-corrected chi connectivity index (χ2v) is 5.34. The topological polar surface area (TPSA) is 42.4 Å². The number of aryl methyl sites for hydroxylation is 1. The summed E-state index contributed by atoms with van der Waals surface area (Å²) in [6.45, 7) is 9.25. The Labute approximate surface area is 97.6 Å². The molecule has 0 radical (unpaired) electrons. The van der Waals surface area contributed by atoms with Gasteiger partial charge in [-0.2, -0.15) is 0 Å². The van der Waals surface area contributed by atoms with E-state index in [0.717, 1.165) is 23.6 Å². The molecule has 1 fully saturated rings. The average molecular weight is 222 g/mol. The molecule has 0 amide bonds. The Bertz CT molecular complexity index is 368. The molecule has 0 atom stereocenters. The summed E-state index contributed by atoms with van der Waals surface area (Å²) < 4.78 is 5.74. The highest BCUT2D eigenvalue weighted by Crippen LogP contribution is 2.30. The van der Waals surface area contributed by atoms with Gasteiger partial charge in [0.25, 0.3) is 0 Å². The van der Waals surface area contributed by atoms with E-state index in [9.17, 15) is 0 Å². The first-order valence-corrected chi connectivity index (χ1v) is 6.06. The summed E-state index contributed by atoms with van der Waals surface area (Å²) in [5.41, 5.74) is 7.09. The van der Waals surface area contributed by atoms with Gasteiger partial charge in [-0.25, -0.2) is 0 Å². The van der Waals surface area contributed by atoms with Crippen LogP contribution in [-0.4, -0.2) is 17.0 Å². The van der Waals surface area contributed by atoms with Gasteiger partial charge in [0.15, 0.2) is 0 Å². The molecule has 2 heterocycles. The molecule has 1 aromatic rings. The fraction of sp³-hybridized carbons (Fsp3) is 0.692.